The number of anilines is 2. The van der Waals surface area contributed by atoms with Crippen molar-refractivity contribution in [3.05, 3.63) is 24.0 Å². The van der Waals surface area contributed by atoms with E-state index in [1.165, 1.54) is 17.0 Å². The van der Waals surface area contributed by atoms with Crippen LogP contribution in [0.5, 0.6) is 0 Å². The molecule has 0 radical (unpaired) electrons. The number of hydrogen-bond donors (Lipinski definition) is 2. The van der Waals surface area contributed by atoms with E-state index in [1.807, 2.05) is 0 Å². The zero-order valence-corrected chi connectivity index (χ0v) is 15.9. The lowest BCUT2D eigenvalue weighted by Crippen LogP contribution is -2.46. The van der Waals surface area contributed by atoms with Crippen LogP contribution < -0.4 is 9.80 Å². The highest BCUT2D eigenvalue weighted by molar-refractivity contribution is 7.85. The fraction of sp³-hybridized carbons (Fsp3) is 0.588. The summed E-state index contributed by atoms with van der Waals surface area (Å²) in [4.78, 5) is 15.0. The normalized spacial score (nSPS) is 22.4. The number of cyclic esters (lactones) is 1. The molecule has 2 saturated heterocycles. The van der Waals surface area contributed by atoms with E-state index in [0.717, 1.165) is 0 Å². The van der Waals surface area contributed by atoms with Crippen LogP contribution in [0.1, 0.15) is 19.3 Å². The van der Waals surface area contributed by atoms with E-state index in [4.69, 9.17) is 4.74 Å². The molecule has 0 spiro atoms. The number of carbonyl (C=O) groups excluding carboxylic acids is 1. The molecular formula is C17H22FN2O7S-. The molecule has 0 aromatic heterocycles. The van der Waals surface area contributed by atoms with Gasteiger partial charge in [0.1, 0.15) is 11.9 Å². The Morgan fingerprint density at radius 1 is 1.32 bits per heavy atom. The molecule has 11 heteroatoms. The van der Waals surface area contributed by atoms with Crippen LogP contribution >= 0.6 is 0 Å². The third kappa shape index (κ3) is 4.72. The second kappa shape index (κ2) is 7.82. The van der Waals surface area contributed by atoms with Gasteiger partial charge < -0.3 is 24.4 Å². The number of piperidine rings is 1. The molecule has 1 amide bonds. The second-order valence-electron chi connectivity index (χ2n) is 7.17. The summed E-state index contributed by atoms with van der Waals surface area (Å²) >= 11 is 0. The summed E-state index contributed by atoms with van der Waals surface area (Å²) in [5.74, 6) is -1.19. The van der Waals surface area contributed by atoms with E-state index in [9.17, 15) is 32.4 Å². The van der Waals surface area contributed by atoms with Crippen LogP contribution in [0.3, 0.4) is 0 Å². The molecule has 0 unspecified atom stereocenters. The third-order valence-corrected chi connectivity index (χ3v) is 5.87. The van der Waals surface area contributed by atoms with Crippen LogP contribution in [0, 0.1) is 5.82 Å². The van der Waals surface area contributed by atoms with Gasteiger partial charge in [0, 0.05) is 18.8 Å². The zero-order chi connectivity index (χ0) is 20.5. The van der Waals surface area contributed by atoms with E-state index >= 15 is 0 Å². The lowest BCUT2D eigenvalue weighted by atomic mass is 9.92. The van der Waals surface area contributed by atoms with Crippen molar-refractivity contribution in [3.8, 4) is 0 Å². The lowest BCUT2D eigenvalue weighted by molar-refractivity contribution is -0.0326. The summed E-state index contributed by atoms with van der Waals surface area (Å²) in [6, 6.07) is 4.27. The maximum absolute atomic E-state index is 14.6. The van der Waals surface area contributed by atoms with Gasteiger partial charge in [0.25, 0.3) is 0 Å². The van der Waals surface area contributed by atoms with Gasteiger partial charge in [0.05, 0.1) is 40.2 Å². The van der Waals surface area contributed by atoms with E-state index < -0.39 is 39.5 Å². The van der Waals surface area contributed by atoms with Crippen LogP contribution in [0.15, 0.2) is 18.2 Å². The Hall–Kier alpha value is -1.95. The Kier molecular flexibility index (Phi) is 5.80. The summed E-state index contributed by atoms with van der Waals surface area (Å²) in [6.45, 7) is 0.449. The number of carbonyl (C=O) groups is 1. The molecule has 1 aromatic carbocycles. The summed E-state index contributed by atoms with van der Waals surface area (Å²) in [6.07, 6.45) is -0.972. The molecule has 2 aliphatic rings. The minimum absolute atomic E-state index is 0.0282. The highest BCUT2D eigenvalue weighted by Crippen LogP contribution is 2.31. The highest BCUT2D eigenvalue weighted by atomic mass is 32.2. The summed E-state index contributed by atoms with van der Waals surface area (Å²) < 4.78 is 51.8. The number of rotatable bonds is 6. The van der Waals surface area contributed by atoms with Gasteiger partial charge in [-0.2, -0.15) is 0 Å². The van der Waals surface area contributed by atoms with E-state index in [2.05, 4.69) is 0 Å². The maximum Gasteiger partial charge on any atom is 0.414 e. The number of amides is 1. The zero-order valence-electron chi connectivity index (χ0n) is 15.1. The van der Waals surface area contributed by atoms with Crippen LogP contribution in [0.4, 0.5) is 20.6 Å². The number of aliphatic hydroxyl groups is 2. The summed E-state index contributed by atoms with van der Waals surface area (Å²) in [7, 11) is -4.41. The van der Waals surface area contributed by atoms with Gasteiger partial charge in [-0.3, -0.25) is 4.90 Å². The lowest BCUT2D eigenvalue weighted by Gasteiger charge is -2.38. The van der Waals surface area contributed by atoms with Crippen LogP contribution in [0.2, 0.25) is 0 Å². The van der Waals surface area contributed by atoms with Crippen molar-refractivity contribution in [2.75, 3.05) is 41.8 Å². The molecule has 3 rings (SSSR count). The van der Waals surface area contributed by atoms with Crippen molar-refractivity contribution in [2.24, 2.45) is 0 Å². The maximum atomic E-state index is 14.6. The first-order chi connectivity index (χ1) is 13.1. The number of aliphatic hydroxyl groups excluding tert-OH is 1. The molecule has 0 bridgehead atoms. The SMILES string of the molecule is O=C1O[C@H](CCS(=O)(=O)[O-])CN1c1ccc(N2CCC(O)(CO)CC2)c(F)c1. The Balaban J connectivity index is 1.66. The fourth-order valence-electron chi connectivity index (χ4n) is 3.40. The highest BCUT2D eigenvalue weighted by Gasteiger charge is 2.34. The van der Waals surface area contributed by atoms with Crippen molar-refractivity contribution in [1.82, 2.24) is 0 Å². The number of halogens is 1. The molecule has 0 saturated carbocycles. The van der Waals surface area contributed by atoms with Crippen molar-refractivity contribution in [1.29, 1.82) is 0 Å². The van der Waals surface area contributed by atoms with Gasteiger partial charge in [0.2, 0.25) is 0 Å². The summed E-state index contributed by atoms with van der Waals surface area (Å²) in [5.41, 5.74) is -0.549. The average Bonchev–Trinajstić information content (AvgIpc) is 3.01. The van der Waals surface area contributed by atoms with Crippen molar-refractivity contribution >= 4 is 27.6 Å². The third-order valence-electron chi connectivity index (χ3n) is 5.14. The Bertz CT molecular complexity index is 840. The van der Waals surface area contributed by atoms with Crippen LogP contribution in [-0.4, -0.2) is 73.0 Å². The molecule has 2 heterocycles. The fourth-order valence-corrected chi connectivity index (χ4v) is 3.95. The minimum Gasteiger partial charge on any atom is -0.748 e. The van der Waals surface area contributed by atoms with Crippen LogP contribution in [0.25, 0.3) is 0 Å². The molecule has 1 aromatic rings. The van der Waals surface area contributed by atoms with Gasteiger partial charge in [-0.15, -0.1) is 0 Å². The smallest absolute Gasteiger partial charge is 0.414 e. The number of ether oxygens (including phenoxy) is 1. The van der Waals surface area contributed by atoms with Crippen molar-refractivity contribution < 1.29 is 37.1 Å². The Labute approximate surface area is 162 Å². The molecular weight excluding hydrogens is 395 g/mol. The van der Waals surface area contributed by atoms with Gasteiger partial charge >= 0.3 is 6.09 Å². The standard InChI is InChI=1S/C17H23FN2O7S/c18-14-9-12(20-10-13(27-16(20)22)3-8-28(24,25)26)1-2-15(14)19-6-4-17(23,11-21)5-7-19/h1-2,9,13,21,23H,3-8,10-11H2,(H,24,25,26)/p-1/t13-/m1/s1. The molecule has 2 aliphatic heterocycles. The first-order valence-corrected chi connectivity index (χ1v) is 10.5. The van der Waals surface area contributed by atoms with Crippen molar-refractivity contribution in [2.45, 2.75) is 31.0 Å². The van der Waals surface area contributed by atoms with Gasteiger partial charge in [-0.25, -0.2) is 17.6 Å². The Morgan fingerprint density at radius 3 is 2.57 bits per heavy atom. The first kappa shape index (κ1) is 20.8. The van der Waals surface area contributed by atoms with E-state index in [0.29, 0.717) is 31.6 Å². The number of benzene rings is 1. The monoisotopic (exact) mass is 417 g/mol. The quantitative estimate of drug-likeness (QED) is 0.637. The number of nitrogens with zero attached hydrogens (tertiary/aromatic N) is 2. The van der Waals surface area contributed by atoms with Crippen molar-refractivity contribution in [3.63, 3.8) is 0 Å². The second-order valence-corrected chi connectivity index (χ2v) is 8.70. The van der Waals surface area contributed by atoms with Gasteiger partial charge in [-0.05, 0) is 37.5 Å². The number of hydrogen-bond acceptors (Lipinski definition) is 8. The molecule has 2 N–H and O–H groups in total. The predicted octanol–water partition coefficient (Wildman–Crippen LogP) is 0.410. The van der Waals surface area contributed by atoms with E-state index in [1.54, 1.807) is 11.0 Å². The van der Waals surface area contributed by atoms with Gasteiger partial charge in [0.15, 0.2) is 0 Å². The predicted molar refractivity (Wildman–Crippen MR) is 96.7 cm³/mol. The van der Waals surface area contributed by atoms with Crippen LogP contribution in [-0.2, 0) is 14.9 Å². The molecule has 28 heavy (non-hydrogen) atoms. The average molecular weight is 417 g/mol. The van der Waals surface area contributed by atoms with E-state index in [-0.39, 0.29) is 25.3 Å². The minimum atomic E-state index is -4.41. The topological polar surface area (TPSA) is 130 Å². The molecule has 156 valence electrons. The molecule has 0 aliphatic carbocycles. The molecule has 2 fully saturated rings. The van der Waals surface area contributed by atoms with Gasteiger partial charge in [-0.1, -0.05) is 0 Å². The molecule has 9 nitrogen and oxygen atoms in total. The summed E-state index contributed by atoms with van der Waals surface area (Å²) in [5, 5.41) is 19.3. The first-order valence-electron chi connectivity index (χ1n) is 8.90. The largest absolute Gasteiger partial charge is 0.748 e. The molecule has 1 atom stereocenters. The Morgan fingerprint density at radius 2 is 2.00 bits per heavy atom.